The van der Waals surface area contributed by atoms with E-state index in [0.29, 0.717) is 0 Å². The summed E-state index contributed by atoms with van der Waals surface area (Å²) in [5, 5.41) is 32.9. The average molecular weight is 501 g/mol. The number of phenols is 3. The normalized spacial score (nSPS) is 19.7. The number of carbonyl (C=O) groups excluding carboxylic acids is 5. The first-order chi connectivity index (χ1) is 16.5. The third kappa shape index (κ3) is 4.99. The van der Waals surface area contributed by atoms with Crippen LogP contribution in [0.4, 0.5) is 0 Å². The lowest BCUT2D eigenvalue weighted by Crippen LogP contribution is -2.56. The second-order valence-electron chi connectivity index (χ2n) is 10.9. The molecule has 1 aromatic rings. The van der Waals surface area contributed by atoms with Gasteiger partial charge in [-0.05, 0) is 40.5 Å². The highest BCUT2D eigenvalue weighted by Crippen LogP contribution is 2.46. The van der Waals surface area contributed by atoms with Gasteiger partial charge in [-0.1, -0.05) is 39.3 Å². The van der Waals surface area contributed by atoms with Gasteiger partial charge in [0.15, 0.2) is 28.9 Å². The second-order valence-corrected chi connectivity index (χ2v) is 10.9. The molecule has 1 fully saturated rings. The number of allylic oxidation sites excluding steroid dienone is 2. The first kappa shape index (κ1) is 28.9. The maximum absolute atomic E-state index is 13.3. The van der Waals surface area contributed by atoms with Crippen molar-refractivity contribution in [2.75, 3.05) is 0 Å². The van der Waals surface area contributed by atoms with Crippen LogP contribution < -0.4 is 0 Å². The van der Waals surface area contributed by atoms with Crippen molar-refractivity contribution in [3.63, 3.8) is 0 Å². The van der Waals surface area contributed by atoms with Crippen molar-refractivity contribution in [2.45, 2.75) is 68.2 Å². The molecule has 0 aromatic heterocycles. The van der Waals surface area contributed by atoms with Crippen LogP contribution in [0.3, 0.4) is 0 Å². The smallest absolute Gasteiger partial charge is 0.172 e. The van der Waals surface area contributed by atoms with E-state index in [-0.39, 0.29) is 17.5 Å². The summed E-state index contributed by atoms with van der Waals surface area (Å²) in [6.45, 7) is 12.6. The summed E-state index contributed by atoms with van der Waals surface area (Å²) >= 11 is 0. The highest BCUT2D eigenvalue weighted by molar-refractivity contribution is 6.33. The lowest BCUT2D eigenvalue weighted by Gasteiger charge is -2.36. The summed E-state index contributed by atoms with van der Waals surface area (Å²) in [6.07, 6.45) is 1.19. The minimum Gasteiger partial charge on any atom is -0.507 e. The Bertz CT molecular complexity index is 1160. The number of rotatable bonds is 8. The van der Waals surface area contributed by atoms with Crippen molar-refractivity contribution in [1.82, 2.24) is 0 Å². The first-order valence-electron chi connectivity index (χ1n) is 12.1. The maximum Gasteiger partial charge on any atom is 0.172 e. The van der Waals surface area contributed by atoms with E-state index in [2.05, 4.69) is 0 Å². The summed E-state index contributed by atoms with van der Waals surface area (Å²) < 4.78 is 0. The van der Waals surface area contributed by atoms with E-state index in [1.165, 1.54) is 13.8 Å². The molecule has 196 valence electrons. The van der Waals surface area contributed by atoms with Crippen molar-refractivity contribution >= 4 is 28.9 Å². The Labute approximate surface area is 211 Å². The molecule has 0 spiro atoms. The van der Waals surface area contributed by atoms with Crippen LogP contribution in [-0.2, 0) is 32.0 Å². The van der Waals surface area contributed by atoms with Crippen LogP contribution in [0, 0.1) is 29.1 Å². The van der Waals surface area contributed by atoms with Gasteiger partial charge in [-0.25, -0.2) is 0 Å². The predicted octanol–water partition coefficient (Wildman–Crippen LogP) is 3.90. The van der Waals surface area contributed by atoms with E-state index in [1.54, 1.807) is 47.6 Å². The zero-order chi connectivity index (χ0) is 27.9. The topological polar surface area (TPSA) is 146 Å². The molecule has 36 heavy (non-hydrogen) atoms. The Morgan fingerprint density at radius 2 is 1.39 bits per heavy atom. The summed E-state index contributed by atoms with van der Waals surface area (Å²) in [5.74, 6) is -9.83. The Morgan fingerprint density at radius 1 is 0.861 bits per heavy atom. The minimum atomic E-state index is -1.64. The van der Waals surface area contributed by atoms with Gasteiger partial charge in [0.1, 0.15) is 28.7 Å². The van der Waals surface area contributed by atoms with Crippen molar-refractivity contribution in [3.8, 4) is 17.2 Å². The van der Waals surface area contributed by atoms with Gasteiger partial charge in [0.25, 0.3) is 0 Å². The summed E-state index contributed by atoms with van der Waals surface area (Å²) in [7, 11) is 0. The summed E-state index contributed by atoms with van der Waals surface area (Å²) in [4.78, 5) is 65.3. The average Bonchev–Trinajstić information content (AvgIpc) is 2.77. The third-order valence-electron chi connectivity index (χ3n) is 6.80. The molecule has 2 unspecified atom stereocenters. The Morgan fingerprint density at radius 3 is 1.86 bits per heavy atom. The fourth-order valence-corrected chi connectivity index (χ4v) is 4.41. The maximum atomic E-state index is 13.3. The highest BCUT2D eigenvalue weighted by Gasteiger charge is 2.56. The van der Waals surface area contributed by atoms with Gasteiger partial charge in [-0.15, -0.1) is 0 Å². The largest absolute Gasteiger partial charge is 0.507 e. The molecule has 0 aliphatic heterocycles. The molecule has 8 nitrogen and oxygen atoms in total. The van der Waals surface area contributed by atoms with Crippen LogP contribution >= 0.6 is 0 Å². The number of ketones is 5. The van der Waals surface area contributed by atoms with Crippen molar-refractivity contribution in [2.24, 2.45) is 29.1 Å². The van der Waals surface area contributed by atoms with Crippen LogP contribution in [0.5, 0.6) is 17.2 Å². The van der Waals surface area contributed by atoms with E-state index >= 15 is 0 Å². The summed E-state index contributed by atoms with van der Waals surface area (Å²) in [5.41, 5.74) is -1.48. The third-order valence-corrected chi connectivity index (χ3v) is 6.80. The quantitative estimate of drug-likeness (QED) is 0.277. The fourth-order valence-electron chi connectivity index (χ4n) is 4.41. The molecule has 0 saturated heterocycles. The number of hydrogen-bond acceptors (Lipinski definition) is 8. The van der Waals surface area contributed by atoms with Gasteiger partial charge >= 0.3 is 0 Å². The van der Waals surface area contributed by atoms with Gasteiger partial charge in [0, 0.05) is 23.0 Å². The number of benzene rings is 1. The molecule has 0 bridgehead atoms. The van der Waals surface area contributed by atoms with E-state index in [1.807, 2.05) is 0 Å². The van der Waals surface area contributed by atoms with Crippen LogP contribution in [0.2, 0.25) is 0 Å². The molecule has 3 N–H and O–H groups in total. The highest BCUT2D eigenvalue weighted by atomic mass is 16.3. The summed E-state index contributed by atoms with van der Waals surface area (Å²) in [6, 6.07) is 0. The van der Waals surface area contributed by atoms with Crippen molar-refractivity contribution in [3.05, 3.63) is 28.3 Å². The predicted molar refractivity (Wildman–Crippen MR) is 133 cm³/mol. The van der Waals surface area contributed by atoms with Crippen LogP contribution in [0.1, 0.15) is 76.9 Å². The van der Waals surface area contributed by atoms with Crippen molar-refractivity contribution in [1.29, 1.82) is 0 Å². The SMILES string of the molecule is CC(C)=CCc1c(O)c(CC2C(=O)C(C(=O)C(C)C)C(=O)C(C)(C)C2=O)c(O)c(C(=O)C(C)C)c1O. The van der Waals surface area contributed by atoms with Gasteiger partial charge in [-0.2, -0.15) is 0 Å². The van der Waals surface area contributed by atoms with E-state index in [0.717, 1.165) is 5.57 Å². The molecule has 8 heteroatoms. The molecule has 0 radical (unpaired) electrons. The first-order valence-corrected chi connectivity index (χ1v) is 12.1. The molecule has 1 aromatic carbocycles. The molecule has 2 atom stereocenters. The van der Waals surface area contributed by atoms with Gasteiger partial charge < -0.3 is 15.3 Å². The fraction of sp³-hybridized carbons (Fsp3) is 0.536. The minimum absolute atomic E-state index is 0.0245. The van der Waals surface area contributed by atoms with Gasteiger partial charge in [0.2, 0.25) is 0 Å². The molecule has 0 heterocycles. The number of carbonyl (C=O) groups is 5. The molecule has 0 amide bonds. The van der Waals surface area contributed by atoms with E-state index < -0.39 is 87.2 Å². The lowest BCUT2D eigenvalue weighted by atomic mass is 9.61. The van der Waals surface area contributed by atoms with Gasteiger partial charge in [-0.3, -0.25) is 24.0 Å². The van der Waals surface area contributed by atoms with E-state index in [9.17, 15) is 39.3 Å². The number of phenolic OH excluding ortho intramolecular Hbond substituents is 3. The Kier molecular flexibility index (Phi) is 8.33. The monoisotopic (exact) mass is 500 g/mol. The number of hydrogen-bond donors (Lipinski definition) is 3. The van der Waals surface area contributed by atoms with E-state index in [4.69, 9.17) is 0 Å². The molecule has 1 aliphatic carbocycles. The standard InChI is InChI=1S/C28H36O8/c1-12(2)9-10-15-22(31)16(24(33)18(23(15)32)20(29)13(3)4)11-17-25(34)19(21(30)14(5)6)27(36)28(7,8)26(17)35/h9,13-14,17,19,31-33H,10-11H2,1-8H3. The van der Waals surface area contributed by atoms with Crippen molar-refractivity contribution < 1.29 is 39.3 Å². The Hall–Kier alpha value is -3.29. The molecular weight excluding hydrogens is 464 g/mol. The second kappa shape index (κ2) is 10.4. The zero-order valence-electron chi connectivity index (χ0n) is 22.2. The number of Topliss-reactive ketones (excluding diaryl/α,β-unsaturated/α-hetero) is 5. The van der Waals surface area contributed by atoms with Crippen LogP contribution in [0.15, 0.2) is 11.6 Å². The zero-order valence-corrected chi connectivity index (χ0v) is 22.2. The van der Waals surface area contributed by atoms with Crippen LogP contribution in [-0.4, -0.2) is 44.2 Å². The molecule has 1 saturated carbocycles. The molecule has 1 aliphatic rings. The number of aromatic hydroxyl groups is 3. The molecule has 2 rings (SSSR count). The lowest BCUT2D eigenvalue weighted by molar-refractivity contribution is -0.157. The van der Waals surface area contributed by atoms with Crippen LogP contribution in [0.25, 0.3) is 0 Å². The Balaban J connectivity index is 2.77. The van der Waals surface area contributed by atoms with Gasteiger partial charge in [0.05, 0.1) is 11.3 Å². The molecular formula is C28H36O8.